The van der Waals surface area contributed by atoms with Crippen LogP contribution in [0, 0.1) is 13.8 Å². The normalized spacial score (nSPS) is 15.0. The number of aliphatic imine (C=N–C) groups is 1. The molecule has 0 radical (unpaired) electrons. The Labute approximate surface area is 180 Å². The first-order chi connectivity index (χ1) is 14.8. The van der Waals surface area contributed by atoms with Crippen LogP contribution in [0.15, 0.2) is 88.4 Å². The van der Waals surface area contributed by atoms with E-state index in [9.17, 15) is 13.2 Å². The predicted molar refractivity (Wildman–Crippen MR) is 117 cm³/mol. The minimum absolute atomic E-state index is 0.0421. The van der Waals surface area contributed by atoms with Crippen molar-refractivity contribution in [3.8, 4) is 5.75 Å². The highest BCUT2D eigenvalue weighted by Crippen LogP contribution is 2.27. The number of rotatable bonds is 5. The van der Waals surface area contributed by atoms with Crippen molar-refractivity contribution in [3.05, 3.63) is 101 Å². The van der Waals surface area contributed by atoms with Gasteiger partial charge < -0.3 is 8.92 Å². The van der Waals surface area contributed by atoms with Crippen LogP contribution in [0.3, 0.4) is 0 Å². The van der Waals surface area contributed by atoms with Crippen molar-refractivity contribution in [1.82, 2.24) is 0 Å². The lowest BCUT2D eigenvalue weighted by Gasteiger charge is -2.09. The highest BCUT2D eigenvalue weighted by atomic mass is 32.2. The lowest BCUT2D eigenvalue weighted by molar-refractivity contribution is -0.129. The highest BCUT2D eigenvalue weighted by molar-refractivity contribution is 7.87. The van der Waals surface area contributed by atoms with Gasteiger partial charge in [-0.1, -0.05) is 53.6 Å². The molecule has 31 heavy (non-hydrogen) atoms. The van der Waals surface area contributed by atoms with Gasteiger partial charge in [-0.05, 0) is 50.3 Å². The fourth-order valence-electron chi connectivity index (χ4n) is 2.92. The topological polar surface area (TPSA) is 82.0 Å². The smallest absolute Gasteiger partial charge is 0.363 e. The summed E-state index contributed by atoms with van der Waals surface area (Å²) in [6.07, 6.45) is 1.45. The number of cyclic esters (lactones) is 1. The van der Waals surface area contributed by atoms with E-state index in [0.29, 0.717) is 11.1 Å². The molecule has 3 aromatic rings. The summed E-state index contributed by atoms with van der Waals surface area (Å²) in [5.74, 6) is -0.337. The molecule has 0 saturated heterocycles. The molecule has 1 aliphatic heterocycles. The van der Waals surface area contributed by atoms with Gasteiger partial charge in [-0.2, -0.15) is 8.42 Å². The van der Waals surface area contributed by atoms with Gasteiger partial charge >= 0.3 is 16.1 Å². The Bertz CT molecular complexity index is 1300. The molecule has 0 saturated carbocycles. The summed E-state index contributed by atoms with van der Waals surface area (Å²) in [5.41, 5.74) is 3.13. The van der Waals surface area contributed by atoms with Gasteiger partial charge in [0.25, 0.3) is 0 Å². The van der Waals surface area contributed by atoms with Crippen LogP contribution in [0.2, 0.25) is 0 Å². The van der Waals surface area contributed by atoms with Crippen LogP contribution in [0.4, 0.5) is 0 Å². The second kappa shape index (κ2) is 8.20. The first kappa shape index (κ1) is 20.6. The third-order valence-corrected chi connectivity index (χ3v) is 5.89. The number of ether oxygens (including phenoxy) is 1. The Balaban J connectivity index is 1.65. The zero-order chi connectivity index (χ0) is 22.0. The first-order valence-electron chi connectivity index (χ1n) is 9.52. The number of hydrogen-bond donors (Lipinski definition) is 0. The fraction of sp³-hybridized carbons (Fsp3) is 0.0833. The monoisotopic (exact) mass is 433 g/mol. The van der Waals surface area contributed by atoms with Gasteiger partial charge in [0.2, 0.25) is 5.90 Å². The van der Waals surface area contributed by atoms with Gasteiger partial charge in [0.05, 0.1) is 0 Å². The molecule has 0 N–H and O–H groups in total. The van der Waals surface area contributed by atoms with Crippen LogP contribution in [0.1, 0.15) is 22.3 Å². The second-order valence-corrected chi connectivity index (χ2v) is 8.64. The summed E-state index contributed by atoms with van der Waals surface area (Å²) in [5, 5.41) is 0. The Kier molecular flexibility index (Phi) is 5.44. The number of hydrogen-bond acceptors (Lipinski definition) is 6. The number of nitrogens with zero attached hydrogens (tertiary/aromatic N) is 1. The van der Waals surface area contributed by atoms with E-state index in [1.54, 1.807) is 30.3 Å². The molecule has 6 nitrogen and oxygen atoms in total. The molecule has 0 aliphatic carbocycles. The molecule has 0 amide bonds. The van der Waals surface area contributed by atoms with Gasteiger partial charge in [0, 0.05) is 11.1 Å². The Morgan fingerprint density at radius 2 is 1.48 bits per heavy atom. The number of aryl methyl sites for hydroxylation is 2. The first-order valence-corrected chi connectivity index (χ1v) is 10.9. The van der Waals surface area contributed by atoms with Crippen LogP contribution >= 0.6 is 0 Å². The van der Waals surface area contributed by atoms with Gasteiger partial charge in [0.15, 0.2) is 5.70 Å². The van der Waals surface area contributed by atoms with Crippen LogP contribution in [-0.2, 0) is 19.6 Å². The fourth-order valence-corrected chi connectivity index (χ4v) is 3.88. The van der Waals surface area contributed by atoms with Crippen LogP contribution < -0.4 is 4.18 Å². The minimum atomic E-state index is -4.04. The number of para-hydroxylation sites is 1. The summed E-state index contributed by atoms with van der Waals surface area (Å²) in [6, 6.07) is 20.3. The summed E-state index contributed by atoms with van der Waals surface area (Å²) in [7, 11) is -4.04. The third-order valence-electron chi connectivity index (χ3n) is 4.64. The molecule has 156 valence electrons. The van der Waals surface area contributed by atoms with Crippen LogP contribution in [0.5, 0.6) is 5.75 Å². The van der Waals surface area contributed by atoms with E-state index >= 15 is 0 Å². The SMILES string of the molecule is Cc1ccc(C2=N/C(=C\c3ccccc3OS(=O)(=O)c3ccc(C)cc3)C(=O)O2)cc1. The quantitative estimate of drug-likeness (QED) is 0.338. The predicted octanol–water partition coefficient (Wildman–Crippen LogP) is 4.42. The van der Waals surface area contributed by atoms with E-state index < -0.39 is 16.1 Å². The van der Waals surface area contributed by atoms with E-state index in [1.165, 1.54) is 24.3 Å². The molecule has 0 bridgehead atoms. The Morgan fingerprint density at radius 1 is 0.871 bits per heavy atom. The van der Waals surface area contributed by atoms with E-state index in [1.807, 2.05) is 38.1 Å². The maximum Gasteiger partial charge on any atom is 0.363 e. The minimum Gasteiger partial charge on any atom is -0.402 e. The molecule has 1 aliphatic rings. The molecular weight excluding hydrogens is 414 g/mol. The third kappa shape index (κ3) is 4.57. The zero-order valence-electron chi connectivity index (χ0n) is 16.9. The van der Waals surface area contributed by atoms with Crippen molar-refractivity contribution in [1.29, 1.82) is 0 Å². The Morgan fingerprint density at radius 3 is 2.16 bits per heavy atom. The summed E-state index contributed by atoms with van der Waals surface area (Å²) < 4.78 is 36.0. The van der Waals surface area contributed by atoms with Crippen LogP contribution in [0.25, 0.3) is 6.08 Å². The molecule has 0 unspecified atom stereocenters. The van der Waals surface area contributed by atoms with E-state index in [0.717, 1.165) is 11.1 Å². The number of carbonyl (C=O) groups is 1. The van der Waals surface area contributed by atoms with Gasteiger partial charge in [-0.15, -0.1) is 0 Å². The average Bonchev–Trinajstić information content (AvgIpc) is 3.10. The molecule has 0 atom stereocenters. The molecule has 7 heteroatoms. The van der Waals surface area contributed by atoms with E-state index in [4.69, 9.17) is 8.92 Å². The van der Waals surface area contributed by atoms with Crippen LogP contribution in [-0.4, -0.2) is 20.3 Å². The van der Waals surface area contributed by atoms with Crippen molar-refractivity contribution in [2.45, 2.75) is 18.7 Å². The number of esters is 1. The molecule has 3 aromatic carbocycles. The largest absolute Gasteiger partial charge is 0.402 e. The van der Waals surface area contributed by atoms with Gasteiger partial charge in [-0.25, -0.2) is 9.79 Å². The van der Waals surface area contributed by atoms with E-state index in [-0.39, 0.29) is 22.2 Å². The summed E-state index contributed by atoms with van der Waals surface area (Å²) in [4.78, 5) is 16.6. The maximum atomic E-state index is 12.7. The van der Waals surface area contributed by atoms with Gasteiger partial charge in [-0.3, -0.25) is 0 Å². The lowest BCUT2D eigenvalue weighted by atomic mass is 10.1. The molecule has 0 aromatic heterocycles. The molecule has 1 heterocycles. The van der Waals surface area contributed by atoms with Crippen molar-refractivity contribution < 1.29 is 22.1 Å². The molecule has 0 spiro atoms. The average molecular weight is 433 g/mol. The zero-order valence-corrected chi connectivity index (χ0v) is 17.7. The summed E-state index contributed by atoms with van der Waals surface area (Å²) in [6.45, 7) is 3.82. The second-order valence-electron chi connectivity index (χ2n) is 7.09. The van der Waals surface area contributed by atoms with Crippen molar-refractivity contribution in [3.63, 3.8) is 0 Å². The summed E-state index contributed by atoms with van der Waals surface area (Å²) >= 11 is 0. The van der Waals surface area contributed by atoms with Gasteiger partial charge in [0.1, 0.15) is 10.6 Å². The van der Waals surface area contributed by atoms with Crippen molar-refractivity contribution >= 4 is 28.1 Å². The molecule has 4 rings (SSSR count). The highest BCUT2D eigenvalue weighted by Gasteiger charge is 2.25. The van der Waals surface area contributed by atoms with E-state index in [2.05, 4.69) is 4.99 Å². The number of carbonyl (C=O) groups excluding carboxylic acids is 1. The number of benzene rings is 3. The molecule has 0 fully saturated rings. The standard InChI is InChI=1S/C24H19NO5S/c1-16-7-11-18(12-8-16)23-25-21(24(26)29-23)15-19-5-3-4-6-22(19)30-31(27,28)20-13-9-17(2)10-14-20/h3-15H,1-2H3/b21-15-. The Hall–Kier alpha value is -3.71. The van der Waals surface area contributed by atoms with Crippen molar-refractivity contribution in [2.24, 2.45) is 4.99 Å². The van der Waals surface area contributed by atoms with Crippen molar-refractivity contribution in [2.75, 3.05) is 0 Å². The molecular formula is C24H19NO5S. The lowest BCUT2D eigenvalue weighted by Crippen LogP contribution is -2.10. The maximum absolute atomic E-state index is 12.7.